The zero-order valence-corrected chi connectivity index (χ0v) is 19.2. The Bertz CT molecular complexity index is 727. The van der Waals surface area contributed by atoms with Crippen LogP contribution in [-0.4, -0.2) is 52.7 Å². The largest absolute Gasteiger partial charge is 0.357 e. The van der Waals surface area contributed by atoms with Crippen LogP contribution < -0.4 is 10.6 Å². The van der Waals surface area contributed by atoms with Crippen LogP contribution >= 0.6 is 24.0 Å². The third-order valence-electron chi connectivity index (χ3n) is 4.16. The van der Waals surface area contributed by atoms with Crippen molar-refractivity contribution in [1.29, 1.82) is 0 Å². The van der Waals surface area contributed by atoms with E-state index in [4.69, 9.17) is 0 Å². The molecule has 0 aliphatic rings. The van der Waals surface area contributed by atoms with Gasteiger partial charge in [0.25, 0.3) is 0 Å². The Morgan fingerprint density at radius 1 is 1.11 bits per heavy atom. The number of guanidine groups is 1. The number of carbonyl (C=O) groups excluding carboxylic acids is 1. The lowest BCUT2D eigenvalue weighted by molar-refractivity contribution is -0.130. The molecule has 1 amide bonds. The van der Waals surface area contributed by atoms with Crippen LogP contribution in [0, 0.1) is 0 Å². The van der Waals surface area contributed by atoms with Gasteiger partial charge in [0.2, 0.25) is 5.91 Å². The van der Waals surface area contributed by atoms with Crippen molar-refractivity contribution in [2.45, 2.75) is 33.7 Å². The molecule has 0 atom stereocenters. The smallest absolute Gasteiger partial charge is 0.224 e. The summed E-state index contributed by atoms with van der Waals surface area (Å²) in [6, 6.07) is 11.9. The highest BCUT2D eigenvalue weighted by molar-refractivity contribution is 14.0. The van der Waals surface area contributed by atoms with Crippen LogP contribution in [0.2, 0.25) is 0 Å². The van der Waals surface area contributed by atoms with Gasteiger partial charge in [0.15, 0.2) is 5.96 Å². The fraction of sp³-hybridized carbons (Fsp3) is 0.450. The maximum absolute atomic E-state index is 12.1. The van der Waals surface area contributed by atoms with Crippen molar-refractivity contribution in [3.8, 4) is 5.69 Å². The van der Waals surface area contributed by atoms with E-state index in [1.165, 1.54) is 0 Å². The highest BCUT2D eigenvalue weighted by Crippen LogP contribution is 2.07. The Hall–Kier alpha value is -2.10. The van der Waals surface area contributed by atoms with E-state index in [1.807, 2.05) is 72.9 Å². The summed E-state index contributed by atoms with van der Waals surface area (Å²) in [7, 11) is 0. The highest BCUT2D eigenvalue weighted by Gasteiger charge is 2.09. The van der Waals surface area contributed by atoms with E-state index in [1.54, 1.807) is 0 Å². The molecule has 0 aliphatic heterocycles. The van der Waals surface area contributed by atoms with Gasteiger partial charge in [0, 0.05) is 38.8 Å². The molecule has 0 saturated heterocycles. The Morgan fingerprint density at radius 2 is 1.82 bits per heavy atom. The molecular formula is C20H31IN6O. The topological polar surface area (TPSA) is 74.5 Å². The summed E-state index contributed by atoms with van der Waals surface area (Å²) in [4.78, 5) is 18.5. The second-order valence-electron chi connectivity index (χ2n) is 6.03. The molecule has 1 heterocycles. The minimum atomic E-state index is 0. The molecule has 0 bridgehead atoms. The SMILES string of the molecule is CCNC(=NCc1ccn(-c2ccccc2)n1)NCCC(=O)N(CC)CC.I. The van der Waals surface area contributed by atoms with Crippen LogP contribution in [0.4, 0.5) is 0 Å². The standard InChI is InChI=1S/C20H30N6O.HI/c1-4-21-20(22-14-12-19(27)25(5-2)6-3)23-16-17-13-15-26(24-17)18-10-8-7-9-11-18;/h7-11,13,15H,4-6,12,14,16H2,1-3H3,(H2,21,22,23);1H. The molecule has 2 aromatic rings. The van der Waals surface area contributed by atoms with Crippen LogP contribution in [-0.2, 0) is 11.3 Å². The fourth-order valence-electron chi connectivity index (χ4n) is 2.69. The van der Waals surface area contributed by atoms with Crippen LogP contribution in [0.15, 0.2) is 47.6 Å². The summed E-state index contributed by atoms with van der Waals surface area (Å²) >= 11 is 0. The third kappa shape index (κ3) is 7.49. The molecule has 1 aromatic carbocycles. The van der Waals surface area contributed by atoms with Crippen LogP contribution in [0.5, 0.6) is 0 Å². The summed E-state index contributed by atoms with van der Waals surface area (Å²) in [6.45, 7) is 9.28. The molecule has 0 aliphatic carbocycles. The number of aromatic nitrogens is 2. The molecule has 0 fully saturated rings. The normalized spacial score (nSPS) is 10.9. The first-order valence-corrected chi connectivity index (χ1v) is 9.57. The van der Waals surface area contributed by atoms with E-state index < -0.39 is 0 Å². The van der Waals surface area contributed by atoms with Crippen molar-refractivity contribution >= 4 is 35.8 Å². The van der Waals surface area contributed by atoms with E-state index in [0.717, 1.165) is 31.0 Å². The van der Waals surface area contributed by atoms with Gasteiger partial charge >= 0.3 is 0 Å². The Balaban J connectivity index is 0.00000392. The number of amides is 1. The molecular weight excluding hydrogens is 467 g/mol. The van der Waals surface area contributed by atoms with Crippen molar-refractivity contribution in [3.63, 3.8) is 0 Å². The number of nitrogens with one attached hydrogen (secondary N) is 2. The van der Waals surface area contributed by atoms with E-state index in [2.05, 4.69) is 20.7 Å². The number of rotatable bonds is 9. The molecule has 1 aromatic heterocycles. The number of carbonyl (C=O) groups is 1. The zero-order valence-electron chi connectivity index (χ0n) is 16.9. The molecule has 7 nitrogen and oxygen atoms in total. The summed E-state index contributed by atoms with van der Waals surface area (Å²) < 4.78 is 1.84. The molecule has 0 radical (unpaired) electrons. The molecule has 8 heteroatoms. The van der Waals surface area contributed by atoms with Gasteiger partial charge < -0.3 is 15.5 Å². The fourth-order valence-corrected chi connectivity index (χ4v) is 2.69. The predicted molar refractivity (Wildman–Crippen MR) is 124 cm³/mol. The van der Waals surface area contributed by atoms with Crippen LogP contribution in [0.25, 0.3) is 5.69 Å². The summed E-state index contributed by atoms with van der Waals surface area (Å²) in [6.07, 6.45) is 2.39. The van der Waals surface area contributed by atoms with Crippen molar-refractivity contribution in [3.05, 3.63) is 48.3 Å². The third-order valence-corrected chi connectivity index (χ3v) is 4.16. The number of halogens is 1. The van der Waals surface area contributed by atoms with Gasteiger partial charge in [-0.25, -0.2) is 9.67 Å². The van der Waals surface area contributed by atoms with Crippen molar-refractivity contribution in [1.82, 2.24) is 25.3 Å². The summed E-state index contributed by atoms with van der Waals surface area (Å²) in [5.74, 6) is 0.851. The molecule has 2 N–H and O–H groups in total. The van der Waals surface area contributed by atoms with Crippen molar-refractivity contribution in [2.75, 3.05) is 26.2 Å². The lowest BCUT2D eigenvalue weighted by Crippen LogP contribution is -2.40. The predicted octanol–water partition coefficient (Wildman–Crippen LogP) is 2.80. The molecule has 154 valence electrons. The first-order valence-electron chi connectivity index (χ1n) is 9.57. The number of hydrogen-bond acceptors (Lipinski definition) is 3. The Kier molecular flexibility index (Phi) is 11.2. The monoisotopic (exact) mass is 498 g/mol. The average molecular weight is 498 g/mol. The molecule has 2 rings (SSSR count). The quantitative estimate of drug-likeness (QED) is 0.317. The van der Waals surface area contributed by atoms with Gasteiger partial charge in [0.05, 0.1) is 17.9 Å². The molecule has 0 saturated carbocycles. The van der Waals surface area contributed by atoms with E-state index >= 15 is 0 Å². The summed E-state index contributed by atoms with van der Waals surface area (Å²) in [5, 5.41) is 11.0. The zero-order chi connectivity index (χ0) is 19.5. The van der Waals surface area contributed by atoms with Gasteiger partial charge in [0.1, 0.15) is 0 Å². The number of para-hydroxylation sites is 1. The van der Waals surface area contributed by atoms with Gasteiger partial charge in [-0.2, -0.15) is 5.10 Å². The maximum atomic E-state index is 12.1. The number of aliphatic imine (C=N–C) groups is 1. The number of benzene rings is 1. The number of hydrogen-bond donors (Lipinski definition) is 2. The van der Waals surface area contributed by atoms with Gasteiger partial charge in [-0.15, -0.1) is 24.0 Å². The maximum Gasteiger partial charge on any atom is 0.224 e. The Morgan fingerprint density at radius 3 is 2.46 bits per heavy atom. The molecule has 28 heavy (non-hydrogen) atoms. The lowest BCUT2D eigenvalue weighted by Gasteiger charge is -2.19. The van der Waals surface area contributed by atoms with Gasteiger partial charge in [-0.3, -0.25) is 4.79 Å². The van der Waals surface area contributed by atoms with E-state index in [9.17, 15) is 4.79 Å². The minimum absolute atomic E-state index is 0. The molecule has 0 unspecified atom stereocenters. The van der Waals surface area contributed by atoms with E-state index in [-0.39, 0.29) is 29.9 Å². The number of nitrogens with zero attached hydrogens (tertiary/aromatic N) is 4. The summed E-state index contributed by atoms with van der Waals surface area (Å²) in [5.41, 5.74) is 1.91. The second-order valence-corrected chi connectivity index (χ2v) is 6.03. The van der Waals surface area contributed by atoms with Crippen molar-refractivity contribution in [2.24, 2.45) is 4.99 Å². The second kappa shape index (κ2) is 13.1. The van der Waals surface area contributed by atoms with Crippen LogP contribution in [0.3, 0.4) is 0 Å². The first-order chi connectivity index (χ1) is 13.2. The Labute approximate surface area is 184 Å². The highest BCUT2D eigenvalue weighted by atomic mass is 127. The van der Waals surface area contributed by atoms with Gasteiger partial charge in [-0.05, 0) is 39.0 Å². The minimum Gasteiger partial charge on any atom is -0.357 e. The average Bonchev–Trinajstić information content (AvgIpc) is 3.17. The van der Waals surface area contributed by atoms with Crippen molar-refractivity contribution < 1.29 is 4.79 Å². The van der Waals surface area contributed by atoms with Crippen LogP contribution in [0.1, 0.15) is 32.9 Å². The van der Waals surface area contributed by atoms with E-state index in [0.29, 0.717) is 25.5 Å². The first kappa shape index (κ1) is 23.9. The van der Waals surface area contributed by atoms with Gasteiger partial charge in [-0.1, -0.05) is 18.2 Å². The molecule has 0 spiro atoms. The lowest BCUT2D eigenvalue weighted by atomic mass is 10.3.